The number of fused-ring (bicyclic) bond motifs is 1. The molecule has 0 bridgehead atoms. The quantitative estimate of drug-likeness (QED) is 0.706. The summed E-state index contributed by atoms with van der Waals surface area (Å²) in [4.78, 5) is 4.30. The van der Waals surface area contributed by atoms with Crippen LogP contribution in [0.2, 0.25) is 0 Å². The third kappa shape index (κ3) is 1.95. The van der Waals surface area contributed by atoms with E-state index < -0.39 is 0 Å². The van der Waals surface area contributed by atoms with Crippen LogP contribution in [-0.2, 0) is 39.1 Å². The van der Waals surface area contributed by atoms with Crippen LogP contribution in [0, 0.1) is 6.92 Å². The molecule has 0 unspecified atom stereocenters. The molecule has 0 aromatic carbocycles. The van der Waals surface area contributed by atoms with Crippen LogP contribution in [0.4, 0.5) is 0 Å². The standard InChI is InChI=1S/C10H11N2.Y/c1-3-9-7-8(2)11-10-5-4-6-12(9)10;/h4-7H,2-3H2,1H3;/q-1;. The Kier molecular flexibility index (Phi) is 3.51. The van der Waals surface area contributed by atoms with Crippen molar-refractivity contribution in [1.82, 2.24) is 9.38 Å². The Morgan fingerprint density at radius 2 is 2.31 bits per heavy atom. The number of hydrogen-bond acceptors (Lipinski definition) is 1. The monoisotopic (exact) mass is 248 g/mol. The normalized spacial score (nSPS) is 9.92. The number of hydrogen-bond donors (Lipinski definition) is 0. The molecule has 2 rings (SSSR count). The molecule has 0 saturated heterocycles. The van der Waals surface area contributed by atoms with Gasteiger partial charge in [0.05, 0.1) is 0 Å². The largest absolute Gasteiger partial charge is 0.323 e. The molecule has 2 aromatic heterocycles. The molecule has 13 heavy (non-hydrogen) atoms. The Hall–Kier alpha value is -0.336. The van der Waals surface area contributed by atoms with E-state index in [1.54, 1.807) is 0 Å². The minimum Gasteiger partial charge on any atom is -0.323 e. The van der Waals surface area contributed by atoms with Crippen molar-refractivity contribution in [3.63, 3.8) is 0 Å². The molecule has 0 spiro atoms. The molecule has 0 amide bonds. The van der Waals surface area contributed by atoms with E-state index in [-0.39, 0.29) is 32.7 Å². The van der Waals surface area contributed by atoms with E-state index in [2.05, 4.69) is 23.2 Å². The number of rotatable bonds is 1. The van der Waals surface area contributed by atoms with Gasteiger partial charge >= 0.3 is 0 Å². The first kappa shape index (κ1) is 10.7. The van der Waals surface area contributed by atoms with Gasteiger partial charge < -0.3 is 4.40 Å². The van der Waals surface area contributed by atoms with Crippen molar-refractivity contribution in [3.05, 3.63) is 42.7 Å². The molecule has 0 aliphatic rings. The van der Waals surface area contributed by atoms with Crippen molar-refractivity contribution in [2.75, 3.05) is 0 Å². The summed E-state index contributed by atoms with van der Waals surface area (Å²) in [6.07, 6.45) is 3.04. The molecule has 0 saturated carbocycles. The Labute approximate surface area is 103 Å². The predicted molar refractivity (Wildman–Crippen MR) is 49.0 cm³/mol. The number of aromatic nitrogens is 2. The van der Waals surface area contributed by atoms with Gasteiger partial charge in [-0.25, -0.2) is 6.92 Å². The van der Waals surface area contributed by atoms with Gasteiger partial charge in [-0.2, -0.15) is 6.07 Å². The molecule has 2 aromatic rings. The molecule has 3 heteroatoms. The molecule has 1 radical (unpaired) electrons. The van der Waals surface area contributed by atoms with Gasteiger partial charge in [-0.15, -0.1) is 0 Å². The maximum absolute atomic E-state index is 4.30. The molecule has 0 aliphatic carbocycles. The minimum absolute atomic E-state index is 0. The first-order valence-electron chi connectivity index (χ1n) is 4.10. The fourth-order valence-electron chi connectivity index (χ4n) is 1.42. The molecule has 2 nitrogen and oxygen atoms in total. The fourth-order valence-corrected chi connectivity index (χ4v) is 1.42. The predicted octanol–water partition coefficient (Wildman–Crippen LogP) is 2.08. The first-order valence-corrected chi connectivity index (χ1v) is 4.10. The van der Waals surface area contributed by atoms with E-state index in [0.29, 0.717) is 0 Å². The topological polar surface area (TPSA) is 17.3 Å². The van der Waals surface area contributed by atoms with Gasteiger partial charge in [-0.1, -0.05) is 18.3 Å². The molecular weight excluding hydrogens is 237 g/mol. The second kappa shape index (κ2) is 4.25. The van der Waals surface area contributed by atoms with Crippen LogP contribution in [0.3, 0.4) is 0 Å². The van der Waals surface area contributed by atoms with Crippen LogP contribution in [0.25, 0.3) is 5.65 Å². The van der Waals surface area contributed by atoms with Crippen LogP contribution in [-0.4, -0.2) is 9.38 Å². The van der Waals surface area contributed by atoms with Crippen molar-refractivity contribution in [2.24, 2.45) is 0 Å². The van der Waals surface area contributed by atoms with Crippen molar-refractivity contribution in [2.45, 2.75) is 13.3 Å². The third-order valence-electron chi connectivity index (χ3n) is 1.99. The van der Waals surface area contributed by atoms with Gasteiger partial charge in [0.15, 0.2) is 0 Å². The Morgan fingerprint density at radius 1 is 1.54 bits per heavy atom. The van der Waals surface area contributed by atoms with Gasteiger partial charge in [0.1, 0.15) is 5.65 Å². The Balaban J connectivity index is 0.000000845. The van der Waals surface area contributed by atoms with Crippen molar-refractivity contribution >= 4 is 5.65 Å². The maximum Gasteiger partial charge on any atom is 0.132 e. The van der Waals surface area contributed by atoms with E-state index in [0.717, 1.165) is 17.8 Å². The van der Waals surface area contributed by atoms with Crippen molar-refractivity contribution in [3.8, 4) is 0 Å². The van der Waals surface area contributed by atoms with E-state index in [1.165, 1.54) is 5.69 Å². The molecule has 2 heterocycles. The second-order valence-electron chi connectivity index (χ2n) is 2.83. The summed E-state index contributed by atoms with van der Waals surface area (Å²) >= 11 is 0. The Morgan fingerprint density at radius 3 is 3.00 bits per heavy atom. The summed E-state index contributed by atoms with van der Waals surface area (Å²) in [6, 6.07) is 6.02. The van der Waals surface area contributed by atoms with Crippen LogP contribution in [0.1, 0.15) is 18.3 Å². The molecule has 65 valence electrons. The van der Waals surface area contributed by atoms with Crippen LogP contribution >= 0.6 is 0 Å². The number of aryl methyl sites for hydroxylation is 1. The maximum atomic E-state index is 4.30. The van der Waals surface area contributed by atoms with Crippen LogP contribution in [0.15, 0.2) is 24.4 Å². The summed E-state index contributed by atoms with van der Waals surface area (Å²) in [5.74, 6) is 0. The minimum atomic E-state index is 0. The molecular formula is C10H11N2Y-. The van der Waals surface area contributed by atoms with Gasteiger partial charge in [-0.3, -0.25) is 4.98 Å². The van der Waals surface area contributed by atoms with Gasteiger partial charge in [0, 0.05) is 38.9 Å². The zero-order valence-electron chi connectivity index (χ0n) is 7.70. The van der Waals surface area contributed by atoms with Crippen molar-refractivity contribution < 1.29 is 32.7 Å². The summed E-state index contributed by atoms with van der Waals surface area (Å²) in [7, 11) is 0. The zero-order valence-corrected chi connectivity index (χ0v) is 10.5. The zero-order chi connectivity index (χ0) is 8.55. The average molecular weight is 248 g/mol. The van der Waals surface area contributed by atoms with E-state index in [4.69, 9.17) is 0 Å². The summed E-state index contributed by atoms with van der Waals surface area (Å²) < 4.78 is 2.09. The first-order chi connectivity index (χ1) is 5.81. The summed E-state index contributed by atoms with van der Waals surface area (Å²) in [5.41, 5.74) is 3.09. The van der Waals surface area contributed by atoms with E-state index in [1.807, 2.05) is 24.4 Å². The molecule has 0 fully saturated rings. The van der Waals surface area contributed by atoms with E-state index >= 15 is 0 Å². The molecule has 0 aliphatic heterocycles. The van der Waals surface area contributed by atoms with E-state index in [9.17, 15) is 0 Å². The van der Waals surface area contributed by atoms with Gasteiger partial charge in [-0.05, 0) is 18.6 Å². The van der Waals surface area contributed by atoms with Crippen molar-refractivity contribution in [1.29, 1.82) is 0 Å². The van der Waals surface area contributed by atoms with Gasteiger partial charge in [0.25, 0.3) is 0 Å². The summed E-state index contributed by atoms with van der Waals surface area (Å²) in [6.45, 7) is 5.97. The summed E-state index contributed by atoms with van der Waals surface area (Å²) in [5, 5.41) is 0. The molecule has 0 N–H and O–H groups in total. The Bertz CT molecular complexity index is 406. The average Bonchev–Trinajstić information content (AvgIpc) is 2.50. The second-order valence-corrected chi connectivity index (χ2v) is 2.83. The van der Waals surface area contributed by atoms with Crippen LogP contribution in [0.5, 0.6) is 0 Å². The smallest absolute Gasteiger partial charge is 0.132 e. The molecule has 0 atom stereocenters. The number of nitrogens with zero attached hydrogens (tertiary/aromatic N) is 2. The van der Waals surface area contributed by atoms with Gasteiger partial charge in [0.2, 0.25) is 0 Å². The third-order valence-corrected chi connectivity index (χ3v) is 1.99. The fraction of sp³-hybridized carbons (Fsp3) is 0.200. The van der Waals surface area contributed by atoms with Crippen LogP contribution < -0.4 is 0 Å². The SMILES string of the molecule is [CH2-]c1cc(CC)n2cccc2n1.[Y].